The van der Waals surface area contributed by atoms with E-state index in [1.54, 1.807) is 17.0 Å². The van der Waals surface area contributed by atoms with Gasteiger partial charge in [0.25, 0.3) is 5.91 Å². The van der Waals surface area contributed by atoms with Crippen molar-refractivity contribution in [3.8, 4) is 0 Å². The average Bonchev–Trinajstić information content (AvgIpc) is 2.82. The molecule has 1 fully saturated rings. The van der Waals surface area contributed by atoms with Gasteiger partial charge >= 0.3 is 0 Å². The molecule has 0 bridgehead atoms. The second kappa shape index (κ2) is 11.2. The first-order chi connectivity index (χ1) is 16.0. The van der Waals surface area contributed by atoms with Crippen LogP contribution in [-0.4, -0.2) is 74.5 Å². The van der Waals surface area contributed by atoms with Gasteiger partial charge in [0.1, 0.15) is 6.54 Å². The highest BCUT2D eigenvalue weighted by Crippen LogP contribution is 2.42. The van der Waals surface area contributed by atoms with E-state index in [-0.39, 0.29) is 18.4 Å². The second-order valence-electron chi connectivity index (χ2n) is 8.34. The fourth-order valence-corrected chi connectivity index (χ4v) is 5.19. The number of nitrogens with zero attached hydrogens (tertiary/aromatic N) is 3. The first-order valence-corrected chi connectivity index (χ1v) is 12.4. The summed E-state index contributed by atoms with van der Waals surface area (Å²) in [5, 5.41) is 3.57. The topological polar surface area (TPSA) is 55.9 Å². The molecule has 2 aliphatic rings. The van der Waals surface area contributed by atoms with Crippen LogP contribution in [0.2, 0.25) is 5.02 Å². The molecule has 2 heterocycles. The van der Waals surface area contributed by atoms with E-state index in [2.05, 4.69) is 22.2 Å². The lowest BCUT2D eigenvalue weighted by Gasteiger charge is -2.32. The van der Waals surface area contributed by atoms with E-state index >= 15 is 0 Å². The van der Waals surface area contributed by atoms with E-state index < -0.39 is 0 Å². The first kappa shape index (κ1) is 23.8. The van der Waals surface area contributed by atoms with Crippen molar-refractivity contribution >= 4 is 46.9 Å². The van der Waals surface area contributed by atoms with Crippen LogP contribution in [0.15, 0.2) is 58.3 Å². The molecule has 33 heavy (non-hydrogen) atoms. The third-order valence-electron chi connectivity index (χ3n) is 5.89. The molecule has 4 rings (SSSR count). The van der Waals surface area contributed by atoms with Gasteiger partial charge in [-0.15, -0.1) is 0 Å². The number of hydrogen-bond donors (Lipinski definition) is 1. The molecule has 0 radical (unpaired) electrons. The van der Waals surface area contributed by atoms with Gasteiger partial charge in [-0.25, -0.2) is 0 Å². The molecule has 1 saturated heterocycles. The number of anilines is 1. The zero-order valence-corrected chi connectivity index (χ0v) is 20.4. The Morgan fingerprint density at radius 1 is 1.09 bits per heavy atom. The number of thioether (sulfide) groups is 1. The summed E-state index contributed by atoms with van der Waals surface area (Å²) in [6.45, 7) is 5.89. The molecule has 0 atom stereocenters. The van der Waals surface area contributed by atoms with Crippen LogP contribution in [0, 0.1) is 0 Å². The van der Waals surface area contributed by atoms with Crippen LogP contribution in [0.3, 0.4) is 0 Å². The third kappa shape index (κ3) is 6.18. The van der Waals surface area contributed by atoms with Crippen molar-refractivity contribution in [1.82, 2.24) is 15.1 Å². The predicted octanol–water partition coefficient (Wildman–Crippen LogP) is 3.57. The molecule has 2 aromatic rings. The Bertz CT molecular complexity index is 1040. The molecular weight excluding hydrogens is 456 g/mol. The number of fused-ring (bicyclic) bond motifs is 1. The highest BCUT2D eigenvalue weighted by molar-refractivity contribution is 8.04. The Morgan fingerprint density at radius 2 is 1.82 bits per heavy atom. The van der Waals surface area contributed by atoms with Gasteiger partial charge in [-0.05, 0) is 49.9 Å². The fourth-order valence-electron chi connectivity index (χ4n) is 3.95. The Balaban J connectivity index is 1.39. The van der Waals surface area contributed by atoms with Crippen LogP contribution in [0.25, 0.3) is 6.08 Å². The van der Waals surface area contributed by atoms with Gasteiger partial charge in [0.05, 0.1) is 10.6 Å². The van der Waals surface area contributed by atoms with Crippen molar-refractivity contribution in [2.24, 2.45) is 0 Å². The highest BCUT2D eigenvalue weighted by atomic mass is 35.5. The summed E-state index contributed by atoms with van der Waals surface area (Å²) in [5.74, 6) is -0.341. The SMILES string of the molecule is CN1CCN(CCCNC(=O)CN2C(=O)/C(=C\c3ccccc3Cl)Sc3ccccc32)CC1. The summed E-state index contributed by atoms with van der Waals surface area (Å²) < 4.78 is 0. The molecule has 8 heteroatoms. The van der Waals surface area contributed by atoms with Crippen LogP contribution in [0.4, 0.5) is 5.69 Å². The summed E-state index contributed by atoms with van der Waals surface area (Å²) in [5.41, 5.74) is 1.54. The maximum absolute atomic E-state index is 13.3. The number of benzene rings is 2. The van der Waals surface area contributed by atoms with Crippen molar-refractivity contribution in [2.45, 2.75) is 11.3 Å². The van der Waals surface area contributed by atoms with E-state index in [0.717, 1.165) is 55.3 Å². The van der Waals surface area contributed by atoms with Gasteiger partial charge in [-0.2, -0.15) is 0 Å². The Labute approximate surface area is 204 Å². The number of rotatable bonds is 7. The molecule has 2 amide bonds. The lowest BCUT2D eigenvalue weighted by Crippen LogP contribution is -2.45. The van der Waals surface area contributed by atoms with E-state index in [1.807, 2.05) is 42.5 Å². The number of nitrogens with one attached hydrogen (secondary N) is 1. The minimum absolute atomic E-state index is 0.00915. The predicted molar refractivity (Wildman–Crippen MR) is 136 cm³/mol. The number of carbonyl (C=O) groups excluding carboxylic acids is 2. The van der Waals surface area contributed by atoms with Gasteiger partial charge in [-0.1, -0.05) is 53.7 Å². The largest absolute Gasteiger partial charge is 0.355 e. The minimum atomic E-state index is -0.189. The number of para-hydroxylation sites is 1. The minimum Gasteiger partial charge on any atom is -0.355 e. The number of amides is 2. The lowest BCUT2D eigenvalue weighted by atomic mass is 10.2. The van der Waals surface area contributed by atoms with Gasteiger partial charge in [0, 0.05) is 42.6 Å². The molecular formula is C25H29ClN4O2S. The van der Waals surface area contributed by atoms with E-state index in [1.165, 1.54) is 11.8 Å². The third-order valence-corrected chi connectivity index (χ3v) is 7.32. The van der Waals surface area contributed by atoms with Crippen molar-refractivity contribution in [3.63, 3.8) is 0 Å². The van der Waals surface area contributed by atoms with Crippen molar-refractivity contribution < 1.29 is 9.59 Å². The van der Waals surface area contributed by atoms with Crippen LogP contribution in [0.5, 0.6) is 0 Å². The normalized spacial score (nSPS) is 18.4. The maximum Gasteiger partial charge on any atom is 0.265 e. The summed E-state index contributed by atoms with van der Waals surface area (Å²) in [6, 6.07) is 15.1. The van der Waals surface area contributed by atoms with E-state index in [0.29, 0.717) is 16.5 Å². The van der Waals surface area contributed by atoms with Crippen LogP contribution >= 0.6 is 23.4 Å². The zero-order chi connectivity index (χ0) is 23.2. The fraction of sp³-hybridized carbons (Fsp3) is 0.360. The van der Waals surface area contributed by atoms with Gasteiger partial charge in [0.15, 0.2) is 0 Å². The molecule has 174 valence electrons. The Morgan fingerprint density at radius 3 is 2.61 bits per heavy atom. The number of hydrogen-bond acceptors (Lipinski definition) is 5. The summed E-state index contributed by atoms with van der Waals surface area (Å²) in [4.78, 5) is 33.8. The quantitative estimate of drug-likeness (QED) is 0.481. The number of piperazine rings is 1. The van der Waals surface area contributed by atoms with Gasteiger partial charge in [0.2, 0.25) is 5.91 Å². The summed E-state index contributed by atoms with van der Waals surface area (Å²) in [7, 11) is 2.14. The standard InChI is InChI=1S/C25H29ClN4O2S/c1-28-13-15-29(16-14-28)12-6-11-27-24(31)18-30-21-9-4-5-10-22(21)33-23(25(30)32)17-19-7-2-3-8-20(19)26/h2-5,7-10,17H,6,11-16,18H2,1H3,(H,27,31)/b23-17+. The maximum atomic E-state index is 13.3. The number of carbonyl (C=O) groups is 2. The molecule has 2 aliphatic heterocycles. The lowest BCUT2D eigenvalue weighted by molar-refractivity contribution is -0.122. The molecule has 0 unspecified atom stereocenters. The molecule has 0 spiro atoms. The van der Waals surface area contributed by atoms with Crippen molar-refractivity contribution in [2.75, 3.05) is 57.8 Å². The molecule has 2 aromatic carbocycles. The Kier molecular flexibility index (Phi) is 8.09. The monoisotopic (exact) mass is 484 g/mol. The summed E-state index contributed by atoms with van der Waals surface area (Å²) >= 11 is 7.71. The molecule has 0 saturated carbocycles. The summed E-state index contributed by atoms with van der Waals surface area (Å²) in [6.07, 6.45) is 2.69. The van der Waals surface area contributed by atoms with Crippen LogP contribution < -0.4 is 10.2 Å². The Hall–Kier alpha value is -2.32. The number of halogens is 1. The second-order valence-corrected chi connectivity index (χ2v) is 9.83. The van der Waals surface area contributed by atoms with E-state index in [9.17, 15) is 9.59 Å². The average molecular weight is 485 g/mol. The molecule has 1 N–H and O–H groups in total. The van der Waals surface area contributed by atoms with Crippen molar-refractivity contribution in [1.29, 1.82) is 0 Å². The van der Waals surface area contributed by atoms with E-state index in [4.69, 9.17) is 11.6 Å². The van der Waals surface area contributed by atoms with Crippen LogP contribution in [0.1, 0.15) is 12.0 Å². The van der Waals surface area contributed by atoms with Crippen LogP contribution in [-0.2, 0) is 9.59 Å². The molecule has 6 nitrogen and oxygen atoms in total. The van der Waals surface area contributed by atoms with Gasteiger partial charge < -0.3 is 15.1 Å². The number of likely N-dealkylation sites (N-methyl/N-ethyl adjacent to an activating group) is 1. The first-order valence-electron chi connectivity index (χ1n) is 11.2. The highest BCUT2D eigenvalue weighted by Gasteiger charge is 2.30. The van der Waals surface area contributed by atoms with Gasteiger partial charge in [-0.3, -0.25) is 14.5 Å². The van der Waals surface area contributed by atoms with Crippen molar-refractivity contribution in [3.05, 3.63) is 64.0 Å². The smallest absolute Gasteiger partial charge is 0.265 e. The molecule has 0 aromatic heterocycles. The molecule has 0 aliphatic carbocycles. The zero-order valence-electron chi connectivity index (χ0n) is 18.8.